The summed E-state index contributed by atoms with van der Waals surface area (Å²) in [6.45, 7) is 0.336. The van der Waals surface area contributed by atoms with Crippen LogP contribution >= 0.6 is 23.2 Å². The zero-order valence-corrected chi connectivity index (χ0v) is 12.7. The third-order valence-electron chi connectivity index (χ3n) is 4.02. The molecule has 1 fully saturated rings. The normalized spacial score (nSPS) is 25.1. The van der Waals surface area contributed by atoms with Gasteiger partial charge in [-0.1, -0.05) is 24.3 Å². The molecular formula is C14H11Cl2NO2S. The van der Waals surface area contributed by atoms with Gasteiger partial charge in [0.05, 0.1) is 10.6 Å². The second kappa shape index (κ2) is 3.81. The minimum Gasteiger partial charge on any atom is -0.265 e. The molecule has 1 aliphatic heterocycles. The van der Waals surface area contributed by atoms with Gasteiger partial charge >= 0.3 is 0 Å². The summed E-state index contributed by atoms with van der Waals surface area (Å²) in [7, 11) is -3.49. The van der Waals surface area contributed by atoms with E-state index in [4.69, 9.17) is 23.2 Å². The lowest BCUT2D eigenvalue weighted by molar-refractivity contribution is 0.591. The van der Waals surface area contributed by atoms with Crippen molar-refractivity contribution in [3.05, 3.63) is 36.4 Å². The summed E-state index contributed by atoms with van der Waals surface area (Å²) >= 11 is 12.1. The molecule has 1 saturated carbocycles. The highest BCUT2D eigenvalue weighted by atomic mass is 35.5. The number of benzene rings is 2. The summed E-state index contributed by atoms with van der Waals surface area (Å²) in [5.74, 6) is -0.00910. The van der Waals surface area contributed by atoms with E-state index in [-0.39, 0.29) is 5.92 Å². The topological polar surface area (TPSA) is 37.4 Å². The first-order chi connectivity index (χ1) is 9.41. The maximum absolute atomic E-state index is 12.7. The van der Waals surface area contributed by atoms with Crippen LogP contribution in [0.15, 0.2) is 41.3 Å². The fourth-order valence-electron chi connectivity index (χ4n) is 2.82. The third kappa shape index (κ3) is 1.62. The molecule has 0 bridgehead atoms. The first kappa shape index (κ1) is 12.7. The van der Waals surface area contributed by atoms with Crippen molar-refractivity contribution in [3.63, 3.8) is 0 Å². The van der Waals surface area contributed by atoms with Crippen LogP contribution in [0.5, 0.6) is 0 Å². The van der Waals surface area contributed by atoms with Gasteiger partial charge in [0.25, 0.3) is 10.0 Å². The largest absolute Gasteiger partial charge is 0.265 e. The van der Waals surface area contributed by atoms with Crippen LogP contribution < -0.4 is 4.31 Å². The highest BCUT2D eigenvalue weighted by Crippen LogP contribution is 2.55. The molecule has 6 heteroatoms. The molecule has 0 N–H and O–H groups in total. The van der Waals surface area contributed by atoms with Crippen molar-refractivity contribution in [3.8, 4) is 0 Å². The summed E-state index contributed by atoms with van der Waals surface area (Å²) in [4.78, 5) is 0.376. The summed E-state index contributed by atoms with van der Waals surface area (Å²) in [6.07, 6.45) is 0.633. The van der Waals surface area contributed by atoms with E-state index in [0.29, 0.717) is 17.9 Å². The molecule has 3 nitrogen and oxygen atoms in total. The quantitative estimate of drug-likeness (QED) is 0.791. The van der Waals surface area contributed by atoms with Gasteiger partial charge in [-0.25, -0.2) is 8.42 Å². The Labute approximate surface area is 127 Å². The Balaban J connectivity index is 1.89. The monoisotopic (exact) mass is 327 g/mol. The average molecular weight is 328 g/mol. The zero-order valence-electron chi connectivity index (χ0n) is 10.4. The Kier molecular flexibility index (Phi) is 2.43. The van der Waals surface area contributed by atoms with Gasteiger partial charge in [0, 0.05) is 17.8 Å². The molecule has 1 unspecified atom stereocenters. The fraction of sp³-hybridized carbons (Fsp3) is 0.286. The van der Waals surface area contributed by atoms with Crippen molar-refractivity contribution >= 4 is 49.7 Å². The van der Waals surface area contributed by atoms with E-state index in [9.17, 15) is 8.42 Å². The highest BCUT2D eigenvalue weighted by molar-refractivity contribution is 7.93. The van der Waals surface area contributed by atoms with Crippen molar-refractivity contribution in [1.82, 2.24) is 0 Å². The van der Waals surface area contributed by atoms with Gasteiger partial charge in [0.1, 0.15) is 4.33 Å². The van der Waals surface area contributed by atoms with Gasteiger partial charge in [0.2, 0.25) is 0 Å². The lowest BCUT2D eigenvalue weighted by Crippen LogP contribution is -2.30. The Bertz CT molecular complexity index is 827. The Morgan fingerprint density at radius 1 is 1.20 bits per heavy atom. The van der Waals surface area contributed by atoms with Gasteiger partial charge in [-0.15, -0.1) is 23.2 Å². The maximum atomic E-state index is 12.7. The predicted octanol–water partition coefficient (Wildman–Crippen LogP) is 3.54. The molecule has 0 aromatic heterocycles. The Morgan fingerprint density at radius 3 is 2.50 bits per heavy atom. The fourth-order valence-corrected chi connectivity index (χ4v) is 5.09. The summed E-state index contributed by atoms with van der Waals surface area (Å²) in [6, 6.07) is 11.0. The molecule has 104 valence electrons. The van der Waals surface area contributed by atoms with Crippen LogP contribution in [-0.2, 0) is 10.0 Å². The molecule has 2 aromatic carbocycles. The van der Waals surface area contributed by atoms with Gasteiger partial charge in [-0.3, -0.25) is 4.31 Å². The molecule has 0 radical (unpaired) electrons. The number of alkyl halides is 2. The molecule has 1 aliphatic carbocycles. The van der Waals surface area contributed by atoms with E-state index >= 15 is 0 Å². The highest BCUT2D eigenvalue weighted by Gasteiger charge is 2.54. The Hall–Kier alpha value is -0.970. The van der Waals surface area contributed by atoms with Crippen molar-refractivity contribution < 1.29 is 8.42 Å². The molecule has 2 aliphatic rings. The Morgan fingerprint density at radius 2 is 1.85 bits per heavy atom. The van der Waals surface area contributed by atoms with Gasteiger partial charge in [-0.05, 0) is 23.9 Å². The number of rotatable bonds is 2. The van der Waals surface area contributed by atoms with Crippen LogP contribution in [-0.4, -0.2) is 19.3 Å². The number of hydrogen-bond donors (Lipinski definition) is 0. The van der Waals surface area contributed by atoms with Crippen LogP contribution in [0.25, 0.3) is 10.8 Å². The van der Waals surface area contributed by atoms with Gasteiger partial charge in [-0.2, -0.15) is 0 Å². The second-order valence-electron chi connectivity index (χ2n) is 5.33. The number of sulfonamides is 1. The van der Waals surface area contributed by atoms with Crippen LogP contribution in [0.2, 0.25) is 0 Å². The molecule has 20 heavy (non-hydrogen) atoms. The van der Waals surface area contributed by atoms with E-state index in [1.54, 1.807) is 12.1 Å². The molecule has 0 saturated heterocycles. The van der Waals surface area contributed by atoms with E-state index in [1.165, 1.54) is 4.31 Å². The summed E-state index contributed by atoms with van der Waals surface area (Å²) in [5, 5.41) is 1.73. The van der Waals surface area contributed by atoms with Crippen molar-refractivity contribution in [2.24, 2.45) is 5.92 Å². The minimum atomic E-state index is -3.49. The van der Waals surface area contributed by atoms with Crippen LogP contribution in [0, 0.1) is 5.92 Å². The van der Waals surface area contributed by atoms with Crippen LogP contribution in [0.3, 0.4) is 0 Å². The van der Waals surface area contributed by atoms with Crippen molar-refractivity contribution in [2.75, 3.05) is 10.8 Å². The SMILES string of the molecule is O=S1(=O)c2cccc3cccc(c23)N1CC1CC1(Cl)Cl. The average Bonchev–Trinajstić information content (AvgIpc) is 2.94. The van der Waals surface area contributed by atoms with E-state index in [1.807, 2.05) is 24.3 Å². The standard InChI is InChI=1S/C14H11Cl2NO2S/c15-14(16)7-10(14)8-17-11-5-1-3-9-4-2-6-12(13(9)11)20(17,18)19/h1-6,10H,7-8H2. The molecule has 1 heterocycles. The van der Waals surface area contributed by atoms with Crippen LogP contribution in [0.1, 0.15) is 6.42 Å². The molecule has 2 aromatic rings. The lowest BCUT2D eigenvalue weighted by Gasteiger charge is -2.18. The second-order valence-corrected chi connectivity index (χ2v) is 8.70. The van der Waals surface area contributed by atoms with Gasteiger partial charge in [0.15, 0.2) is 0 Å². The van der Waals surface area contributed by atoms with Crippen molar-refractivity contribution in [2.45, 2.75) is 15.6 Å². The van der Waals surface area contributed by atoms with Crippen LogP contribution in [0.4, 0.5) is 5.69 Å². The van der Waals surface area contributed by atoms with E-state index < -0.39 is 14.4 Å². The van der Waals surface area contributed by atoms with Gasteiger partial charge < -0.3 is 0 Å². The molecule has 1 atom stereocenters. The first-order valence-electron chi connectivity index (χ1n) is 6.33. The maximum Gasteiger partial charge on any atom is 0.265 e. The molecule has 4 rings (SSSR count). The van der Waals surface area contributed by atoms with E-state index in [2.05, 4.69) is 0 Å². The number of nitrogens with zero attached hydrogens (tertiary/aromatic N) is 1. The van der Waals surface area contributed by atoms with E-state index in [0.717, 1.165) is 16.5 Å². The van der Waals surface area contributed by atoms with Crippen molar-refractivity contribution in [1.29, 1.82) is 0 Å². The lowest BCUT2D eigenvalue weighted by atomic mass is 10.1. The third-order valence-corrected chi connectivity index (χ3v) is 6.77. The molecule has 0 amide bonds. The summed E-state index contributed by atoms with van der Waals surface area (Å²) < 4.78 is 26.0. The first-order valence-corrected chi connectivity index (χ1v) is 8.53. The predicted molar refractivity (Wildman–Crippen MR) is 81.0 cm³/mol. The number of hydrogen-bond acceptors (Lipinski definition) is 2. The smallest absolute Gasteiger partial charge is 0.265 e. The summed E-state index contributed by atoms with van der Waals surface area (Å²) in [5.41, 5.74) is 0.731. The zero-order chi connectivity index (χ0) is 14.1. The number of anilines is 1. The molecule has 0 spiro atoms. The molecular weight excluding hydrogens is 317 g/mol. The number of halogens is 2. The minimum absolute atomic E-state index is 0.00910.